The predicted octanol–water partition coefficient (Wildman–Crippen LogP) is 4.69. The summed E-state index contributed by atoms with van der Waals surface area (Å²) in [5.41, 5.74) is 3.79. The number of carbonyl (C=O) groups excluding carboxylic acids is 1. The van der Waals surface area contributed by atoms with Crippen molar-refractivity contribution >= 4 is 22.8 Å². The van der Waals surface area contributed by atoms with E-state index in [0.29, 0.717) is 18.5 Å². The Labute approximate surface area is 215 Å². The predicted molar refractivity (Wildman–Crippen MR) is 143 cm³/mol. The Morgan fingerprint density at radius 2 is 1.92 bits per heavy atom. The van der Waals surface area contributed by atoms with Crippen LogP contribution in [0.1, 0.15) is 51.9 Å². The number of unbranched alkanes of at least 4 members (excludes halogenated alkanes) is 1. The lowest BCUT2D eigenvalue weighted by molar-refractivity contribution is 0.0677. The molecule has 1 amide bonds. The van der Waals surface area contributed by atoms with E-state index in [-0.39, 0.29) is 28.6 Å². The summed E-state index contributed by atoms with van der Waals surface area (Å²) in [5.74, 6) is -0.661. The molecule has 1 aliphatic carbocycles. The van der Waals surface area contributed by atoms with Crippen molar-refractivity contribution in [3.8, 4) is 0 Å². The molecule has 0 saturated heterocycles. The quantitative estimate of drug-likeness (QED) is 0.513. The molecular weight excluding hydrogens is 466 g/mol. The molecule has 1 atom stereocenters. The van der Waals surface area contributed by atoms with Gasteiger partial charge in [0, 0.05) is 13.0 Å². The number of aromatic carboxylic acids is 1. The maximum Gasteiger partial charge on any atom is 0.336 e. The topological polar surface area (TPSA) is 92.5 Å². The van der Waals surface area contributed by atoms with Crippen LogP contribution in [0, 0.1) is 6.92 Å². The first-order valence-electron chi connectivity index (χ1n) is 12.6. The number of hydrogen-bond donors (Lipinski definition) is 1. The van der Waals surface area contributed by atoms with Crippen LogP contribution in [-0.2, 0) is 13.0 Å². The molecular formula is C30H29N3O4. The van der Waals surface area contributed by atoms with Gasteiger partial charge in [0.25, 0.3) is 11.5 Å². The molecule has 0 saturated carbocycles. The van der Waals surface area contributed by atoms with Crippen LogP contribution in [0.15, 0.2) is 82.7 Å². The lowest BCUT2D eigenvalue weighted by Gasteiger charge is -2.27. The van der Waals surface area contributed by atoms with Gasteiger partial charge in [-0.05, 0) is 48.8 Å². The summed E-state index contributed by atoms with van der Waals surface area (Å²) >= 11 is 0. The third kappa shape index (κ3) is 4.65. The van der Waals surface area contributed by atoms with E-state index in [2.05, 4.69) is 6.92 Å². The minimum absolute atomic E-state index is 0.00463. The summed E-state index contributed by atoms with van der Waals surface area (Å²) in [5, 5.41) is 10.1. The monoisotopic (exact) mass is 495 g/mol. The number of nitrogens with zero attached hydrogens (tertiary/aromatic N) is 3. The fourth-order valence-electron chi connectivity index (χ4n) is 5.02. The van der Waals surface area contributed by atoms with Crippen LogP contribution in [0.2, 0.25) is 0 Å². The van der Waals surface area contributed by atoms with Crippen LogP contribution < -0.4 is 5.56 Å². The van der Waals surface area contributed by atoms with Crippen LogP contribution in [0.25, 0.3) is 10.9 Å². The molecule has 0 bridgehead atoms. The first-order chi connectivity index (χ1) is 17.9. The van der Waals surface area contributed by atoms with Crippen molar-refractivity contribution < 1.29 is 14.7 Å². The zero-order valence-electron chi connectivity index (χ0n) is 21.0. The van der Waals surface area contributed by atoms with E-state index >= 15 is 0 Å². The van der Waals surface area contributed by atoms with E-state index in [1.807, 2.05) is 49.4 Å². The lowest BCUT2D eigenvalue weighted by atomic mass is 9.97. The first-order valence-corrected chi connectivity index (χ1v) is 12.6. The number of hydrogen-bond acceptors (Lipinski definition) is 4. The second kappa shape index (κ2) is 10.0. The smallest absolute Gasteiger partial charge is 0.336 e. The second-order valence-electron chi connectivity index (χ2n) is 9.58. The SMILES string of the molecule is CCCCc1nc2ccc(C)cc2c(=O)n1CC1=CC2=CCN(C(=O)c3ccccc3C(=O)O)C2C=C1. The Morgan fingerprint density at radius 3 is 2.68 bits per heavy atom. The molecule has 2 aromatic carbocycles. The molecule has 37 heavy (non-hydrogen) atoms. The van der Waals surface area contributed by atoms with Crippen molar-refractivity contribution in [1.82, 2.24) is 14.5 Å². The van der Waals surface area contributed by atoms with E-state index in [1.54, 1.807) is 27.7 Å². The number of fused-ring (bicyclic) bond motifs is 2. The fraction of sp³-hybridized carbons (Fsp3) is 0.267. The van der Waals surface area contributed by atoms with Gasteiger partial charge in [0.2, 0.25) is 0 Å². The summed E-state index contributed by atoms with van der Waals surface area (Å²) in [6.07, 6.45) is 10.6. The molecule has 5 rings (SSSR count). The number of allylic oxidation sites excluding steroid dienone is 2. The molecule has 7 heteroatoms. The lowest BCUT2D eigenvalue weighted by Crippen LogP contribution is -2.37. The van der Waals surface area contributed by atoms with E-state index in [1.165, 1.54) is 6.07 Å². The Balaban J connectivity index is 1.43. The molecule has 2 aliphatic rings. The largest absolute Gasteiger partial charge is 0.478 e. The number of amides is 1. The fourth-order valence-corrected chi connectivity index (χ4v) is 5.02. The maximum atomic E-state index is 13.5. The van der Waals surface area contributed by atoms with Gasteiger partial charge in [0.1, 0.15) is 5.82 Å². The Kier molecular flexibility index (Phi) is 6.61. The average Bonchev–Trinajstić information content (AvgIpc) is 3.32. The van der Waals surface area contributed by atoms with E-state index in [4.69, 9.17) is 4.98 Å². The molecule has 0 radical (unpaired) electrons. The molecule has 0 fully saturated rings. The Hall–Kier alpha value is -4.26. The number of carboxylic acids is 1. The first kappa shape index (κ1) is 24.4. The third-order valence-corrected chi connectivity index (χ3v) is 6.98. The molecule has 2 heterocycles. The summed E-state index contributed by atoms with van der Waals surface area (Å²) in [6, 6.07) is 11.8. The van der Waals surface area contributed by atoms with Crippen molar-refractivity contribution in [1.29, 1.82) is 0 Å². The minimum Gasteiger partial charge on any atom is -0.478 e. The van der Waals surface area contributed by atoms with Gasteiger partial charge in [-0.2, -0.15) is 0 Å². The van der Waals surface area contributed by atoms with Gasteiger partial charge in [0.05, 0.1) is 34.6 Å². The number of aryl methyl sites for hydroxylation is 2. The van der Waals surface area contributed by atoms with Gasteiger partial charge in [-0.1, -0.05) is 61.4 Å². The Morgan fingerprint density at radius 1 is 1.14 bits per heavy atom. The van der Waals surface area contributed by atoms with Gasteiger partial charge in [-0.15, -0.1) is 0 Å². The highest BCUT2D eigenvalue weighted by molar-refractivity contribution is 6.05. The van der Waals surface area contributed by atoms with Crippen LogP contribution in [0.5, 0.6) is 0 Å². The molecule has 188 valence electrons. The highest BCUT2D eigenvalue weighted by atomic mass is 16.4. The molecule has 1 unspecified atom stereocenters. The summed E-state index contributed by atoms with van der Waals surface area (Å²) in [6.45, 7) is 4.87. The summed E-state index contributed by atoms with van der Waals surface area (Å²) < 4.78 is 1.77. The van der Waals surface area contributed by atoms with Crippen LogP contribution in [0.3, 0.4) is 0 Å². The third-order valence-electron chi connectivity index (χ3n) is 6.98. The van der Waals surface area contributed by atoms with Crippen molar-refractivity contribution in [3.63, 3.8) is 0 Å². The second-order valence-corrected chi connectivity index (χ2v) is 9.58. The molecule has 1 aliphatic heterocycles. The average molecular weight is 496 g/mol. The molecule has 1 aromatic heterocycles. The van der Waals surface area contributed by atoms with Crippen LogP contribution >= 0.6 is 0 Å². The normalized spacial score (nSPS) is 16.5. The number of aromatic nitrogens is 2. The van der Waals surface area contributed by atoms with Gasteiger partial charge in [-0.25, -0.2) is 9.78 Å². The van der Waals surface area contributed by atoms with E-state index in [0.717, 1.165) is 47.3 Å². The number of carbonyl (C=O) groups is 2. The minimum atomic E-state index is -1.12. The number of carboxylic acid groups (broad SMARTS) is 1. The zero-order chi connectivity index (χ0) is 26.1. The van der Waals surface area contributed by atoms with Crippen molar-refractivity contribution in [2.24, 2.45) is 0 Å². The summed E-state index contributed by atoms with van der Waals surface area (Å²) in [7, 11) is 0. The van der Waals surface area contributed by atoms with Crippen LogP contribution in [0.4, 0.5) is 0 Å². The van der Waals surface area contributed by atoms with Crippen molar-refractivity contribution in [2.75, 3.05) is 6.54 Å². The maximum absolute atomic E-state index is 13.5. The Bertz CT molecular complexity index is 1560. The van der Waals surface area contributed by atoms with Crippen LogP contribution in [-0.4, -0.2) is 44.0 Å². The van der Waals surface area contributed by atoms with E-state index < -0.39 is 5.97 Å². The zero-order valence-corrected chi connectivity index (χ0v) is 21.0. The highest BCUT2D eigenvalue weighted by Crippen LogP contribution is 2.29. The van der Waals surface area contributed by atoms with Gasteiger partial charge in [0.15, 0.2) is 0 Å². The van der Waals surface area contributed by atoms with Gasteiger partial charge >= 0.3 is 5.97 Å². The number of rotatable bonds is 7. The number of benzene rings is 2. The van der Waals surface area contributed by atoms with E-state index in [9.17, 15) is 19.5 Å². The van der Waals surface area contributed by atoms with Gasteiger partial charge in [-0.3, -0.25) is 14.2 Å². The van der Waals surface area contributed by atoms with Gasteiger partial charge < -0.3 is 10.0 Å². The molecule has 0 spiro atoms. The standard InChI is InChI=1S/C30H29N3O4/c1-3-4-9-27-31-25-12-10-19(2)16-24(25)29(35)33(27)18-20-11-13-26-21(17-20)14-15-32(26)28(34)22-7-5-6-8-23(22)30(36)37/h5-8,10-14,16-17,26H,3-4,9,15,18H2,1-2H3,(H,36,37). The van der Waals surface area contributed by atoms with Crippen molar-refractivity contribution in [2.45, 2.75) is 45.7 Å². The molecule has 1 N–H and O–H groups in total. The molecule has 3 aromatic rings. The highest BCUT2D eigenvalue weighted by Gasteiger charge is 2.32. The van der Waals surface area contributed by atoms with Crippen molar-refractivity contribution in [3.05, 3.63) is 111 Å². The molecule has 7 nitrogen and oxygen atoms in total. The summed E-state index contributed by atoms with van der Waals surface area (Å²) in [4.78, 5) is 44.9.